The molecular weight excluding hydrogens is 265 g/mol. The lowest BCUT2D eigenvalue weighted by Crippen LogP contribution is -2.29. The van der Waals surface area contributed by atoms with Crippen LogP contribution in [0.2, 0.25) is 10.0 Å². The molecular formula is C15H23Cl2N. The van der Waals surface area contributed by atoms with Gasteiger partial charge in [0.2, 0.25) is 0 Å². The normalized spacial score (nSPS) is 14.5. The molecule has 2 unspecified atom stereocenters. The first-order valence-electron chi connectivity index (χ1n) is 6.68. The van der Waals surface area contributed by atoms with Crippen LogP contribution in [0.25, 0.3) is 0 Å². The molecule has 0 aliphatic heterocycles. The van der Waals surface area contributed by atoms with Crippen molar-refractivity contribution in [2.24, 2.45) is 5.92 Å². The Kier molecular flexibility index (Phi) is 7.06. The second-order valence-electron chi connectivity index (χ2n) is 5.02. The van der Waals surface area contributed by atoms with E-state index in [1.807, 2.05) is 25.2 Å². The maximum absolute atomic E-state index is 6.22. The molecule has 0 saturated carbocycles. The van der Waals surface area contributed by atoms with Crippen molar-refractivity contribution in [2.45, 2.75) is 45.6 Å². The Balaban J connectivity index is 2.68. The van der Waals surface area contributed by atoms with E-state index in [-0.39, 0.29) is 0 Å². The fraction of sp³-hybridized carbons (Fsp3) is 0.600. The summed E-state index contributed by atoms with van der Waals surface area (Å²) in [6, 6.07) is 6.14. The number of benzene rings is 1. The molecule has 0 bridgehead atoms. The van der Waals surface area contributed by atoms with E-state index in [0.29, 0.717) is 6.04 Å². The number of halogens is 2. The van der Waals surface area contributed by atoms with E-state index in [2.05, 4.69) is 19.2 Å². The number of rotatable bonds is 7. The minimum absolute atomic E-state index is 0.434. The average molecular weight is 288 g/mol. The van der Waals surface area contributed by atoms with E-state index in [9.17, 15) is 0 Å². The molecule has 3 heteroatoms. The molecule has 0 aliphatic carbocycles. The molecule has 0 spiro atoms. The van der Waals surface area contributed by atoms with E-state index < -0.39 is 0 Å². The van der Waals surface area contributed by atoms with E-state index in [0.717, 1.165) is 34.4 Å². The SMILES string of the molecule is CCCC(C)CC(Cc1c(Cl)cccc1Cl)NC. The highest BCUT2D eigenvalue weighted by atomic mass is 35.5. The van der Waals surface area contributed by atoms with Crippen LogP contribution in [0.4, 0.5) is 0 Å². The van der Waals surface area contributed by atoms with Crippen molar-refractivity contribution < 1.29 is 0 Å². The van der Waals surface area contributed by atoms with E-state index in [1.165, 1.54) is 12.8 Å². The van der Waals surface area contributed by atoms with Crippen molar-refractivity contribution in [3.8, 4) is 0 Å². The van der Waals surface area contributed by atoms with Crippen LogP contribution in [0.15, 0.2) is 18.2 Å². The van der Waals surface area contributed by atoms with Crippen LogP contribution in [0.3, 0.4) is 0 Å². The smallest absolute Gasteiger partial charge is 0.0453 e. The quantitative estimate of drug-likeness (QED) is 0.748. The average Bonchev–Trinajstić information content (AvgIpc) is 2.33. The third-order valence-corrected chi connectivity index (χ3v) is 4.10. The lowest BCUT2D eigenvalue weighted by Gasteiger charge is -2.21. The summed E-state index contributed by atoms with van der Waals surface area (Å²) in [5.41, 5.74) is 1.06. The molecule has 0 aliphatic rings. The molecule has 0 radical (unpaired) electrons. The van der Waals surface area contributed by atoms with Crippen molar-refractivity contribution in [3.05, 3.63) is 33.8 Å². The highest BCUT2D eigenvalue weighted by Crippen LogP contribution is 2.27. The van der Waals surface area contributed by atoms with Crippen LogP contribution in [0.5, 0.6) is 0 Å². The Labute approximate surface area is 121 Å². The van der Waals surface area contributed by atoms with Crippen LogP contribution in [0.1, 0.15) is 38.7 Å². The van der Waals surface area contributed by atoms with Crippen molar-refractivity contribution in [1.29, 1.82) is 0 Å². The van der Waals surface area contributed by atoms with Gasteiger partial charge in [0, 0.05) is 16.1 Å². The molecule has 0 aromatic heterocycles. The van der Waals surface area contributed by atoms with Gasteiger partial charge in [-0.15, -0.1) is 0 Å². The Morgan fingerprint density at radius 3 is 2.33 bits per heavy atom. The molecule has 1 aromatic carbocycles. The predicted molar refractivity (Wildman–Crippen MR) is 81.7 cm³/mol. The van der Waals surface area contributed by atoms with E-state index >= 15 is 0 Å². The van der Waals surface area contributed by atoms with Gasteiger partial charge in [0.25, 0.3) is 0 Å². The summed E-state index contributed by atoms with van der Waals surface area (Å²) < 4.78 is 0. The summed E-state index contributed by atoms with van der Waals surface area (Å²) in [5.74, 6) is 0.730. The van der Waals surface area contributed by atoms with E-state index in [4.69, 9.17) is 23.2 Å². The minimum Gasteiger partial charge on any atom is -0.317 e. The molecule has 1 N–H and O–H groups in total. The van der Waals surface area contributed by atoms with Crippen LogP contribution in [-0.2, 0) is 6.42 Å². The first-order chi connectivity index (χ1) is 8.58. The highest BCUT2D eigenvalue weighted by molar-refractivity contribution is 6.35. The Bertz CT molecular complexity index is 345. The molecule has 0 heterocycles. The first kappa shape index (κ1) is 15.8. The molecule has 1 aromatic rings. The van der Waals surface area contributed by atoms with Gasteiger partial charge in [-0.05, 0) is 43.5 Å². The maximum Gasteiger partial charge on any atom is 0.0453 e. The molecule has 0 amide bonds. The Hall–Kier alpha value is -0.240. The summed E-state index contributed by atoms with van der Waals surface area (Å²) in [5, 5.41) is 4.92. The molecule has 2 atom stereocenters. The van der Waals surface area contributed by atoms with Crippen molar-refractivity contribution in [3.63, 3.8) is 0 Å². The van der Waals surface area contributed by atoms with E-state index in [1.54, 1.807) is 0 Å². The fourth-order valence-electron chi connectivity index (χ4n) is 2.37. The van der Waals surface area contributed by atoms with Gasteiger partial charge in [-0.3, -0.25) is 0 Å². The summed E-state index contributed by atoms with van der Waals surface area (Å²) in [4.78, 5) is 0. The zero-order valence-corrected chi connectivity index (χ0v) is 13.0. The zero-order valence-electron chi connectivity index (χ0n) is 11.5. The van der Waals surface area contributed by atoms with Gasteiger partial charge in [-0.1, -0.05) is 56.0 Å². The molecule has 0 fully saturated rings. The zero-order chi connectivity index (χ0) is 13.5. The fourth-order valence-corrected chi connectivity index (χ4v) is 2.93. The maximum atomic E-state index is 6.22. The third kappa shape index (κ3) is 4.79. The Morgan fingerprint density at radius 2 is 1.83 bits per heavy atom. The minimum atomic E-state index is 0.434. The van der Waals surface area contributed by atoms with Crippen LogP contribution >= 0.6 is 23.2 Å². The number of hydrogen-bond donors (Lipinski definition) is 1. The summed E-state index contributed by atoms with van der Waals surface area (Å²) in [6.07, 6.45) is 4.56. The second-order valence-corrected chi connectivity index (χ2v) is 5.83. The van der Waals surface area contributed by atoms with Gasteiger partial charge < -0.3 is 5.32 Å². The largest absolute Gasteiger partial charge is 0.317 e. The molecule has 18 heavy (non-hydrogen) atoms. The lowest BCUT2D eigenvalue weighted by molar-refractivity contribution is 0.397. The predicted octanol–water partition coefficient (Wildman–Crippen LogP) is 4.95. The summed E-state index contributed by atoms with van der Waals surface area (Å²) in [6.45, 7) is 4.54. The monoisotopic (exact) mass is 287 g/mol. The van der Waals surface area contributed by atoms with Crippen LogP contribution in [0, 0.1) is 5.92 Å². The molecule has 0 saturated heterocycles. The number of hydrogen-bond acceptors (Lipinski definition) is 1. The topological polar surface area (TPSA) is 12.0 Å². The lowest BCUT2D eigenvalue weighted by atomic mass is 9.93. The van der Waals surface area contributed by atoms with Crippen molar-refractivity contribution in [1.82, 2.24) is 5.32 Å². The second kappa shape index (κ2) is 8.04. The standard InChI is InChI=1S/C15H23Cl2N/c1-4-6-11(2)9-12(18-3)10-13-14(16)7-5-8-15(13)17/h5,7-8,11-12,18H,4,6,9-10H2,1-3H3. The van der Waals surface area contributed by atoms with Gasteiger partial charge in [-0.2, -0.15) is 0 Å². The molecule has 102 valence electrons. The van der Waals surface area contributed by atoms with Gasteiger partial charge in [0.15, 0.2) is 0 Å². The van der Waals surface area contributed by atoms with Crippen LogP contribution in [-0.4, -0.2) is 13.1 Å². The number of nitrogens with one attached hydrogen (secondary N) is 1. The van der Waals surface area contributed by atoms with Crippen molar-refractivity contribution >= 4 is 23.2 Å². The molecule has 1 rings (SSSR count). The van der Waals surface area contributed by atoms with Gasteiger partial charge in [0.1, 0.15) is 0 Å². The highest BCUT2D eigenvalue weighted by Gasteiger charge is 2.15. The summed E-state index contributed by atoms with van der Waals surface area (Å²) in [7, 11) is 2.01. The first-order valence-corrected chi connectivity index (χ1v) is 7.44. The Morgan fingerprint density at radius 1 is 1.22 bits per heavy atom. The number of likely N-dealkylation sites (N-methyl/N-ethyl adjacent to an activating group) is 1. The van der Waals surface area contributed by atoms with Gasteiger partial charge >= 0.3 is 0 Å². The molecule has 1 nitrogen and oxygen atoms in total. The van der Waals surface area contributed by atoms with Gasteiger partial charge in [0.05, 0.1) is 0 Å². The van der Waals surface area contributed by atoms with Crippen molar-refractivity contribution in [2.75, 3.05) is 7.05 Å². The summed E-state index contributed by atoms with van der Waals surface area (Å²) >= 11 is 12.4. The van der Waals surface area contributed by atoms with Crippen LogP contribution < -0.4 is 5.32 Å². The van der Waals surface area contributed by atoms with Gasteiger partial charge in [-0.25, -0.2) is 0 Å². The third-order valence-electron chi connectivity index (χ3n) is 3.39.